The molecule has 42 heavy (non-hydrogen) atoms. The summed E-state index contributed by atoms with van der Waals surface area (Å²) >= 11 is 0. The van der Waals surface area contributed by atoms with E-state index in [0.717, 1.165) is 11.1 Å². The molecule has 0 saturated carbocycles. The molecule has 0 spiro atoms. The number of esters is 1. The zero-order valence-corrected chi connectivity index (χ0v) is 24.9. The van der Waals surface area contributed by atoms with Crippen LogP contribution in [0.2, 0.25) is 0 Å². The Kier molecular flexibility index (Phi) is 11.0. The minimum Gasteiger partial charge on any atom is -0.459 e. The Labute approximate surface area is 245 Å². The maximum absolute atomic E-state index is 13.4. The number of amides is 1. The topological polar surface area (TPSA) is 140 Å². The van der Waals surface area contributed by atoms with E-state index in [4.69, 9.17) is 9.47 Å². The average Bonchev–Trinajstić information content (AvgIpc) is 2.92. The molecule has 2 aromatic carbocycles. The summed E-state index contributed by atoms with van der Waals surface area (Å²) in [5, 5.41) is 29.1. The van der Waals surface area contributed by atoms with Crippen molar-refractivity contribution in [3.05, 3.63) is 59.7 Å². The van der Waals surface area contributed by atoms with Crippen molar-refractivity contribution in [2.75, 3.05) is 19.8 Å². The van der Waals surface area contributed by atoms with Crippen LogP contribution in [0.5, 0.6) is 0 Å². The van der Waals surface area contributed by atoms with Crippen molar-refractivity contribution in [1.82, 2.24) is 30.6 Å². The van der Waals surface area contributed by atoms with E-state index >= 15 is 0 Å². The molecule has 1 unspecified atom stereocenters. The molecule has 0 aliphatic rings. The minimum absolute atomic E-state index is 0.150. The number of carbonyl (C=O) groups is 2. The third-order valence-corrected chi connectivity index (χ3v) is 5.70. The van der Waals surface area contributed by atoms with Crippen LogP contribution in [0.15, 0.2) is 48.5 Å². The van der Waals surface area contributed by atoms with Gasteiger partial charge in [0.05, 0.1) is 6.61 Å². The number of benzene rings is 2. The minimum atomic E-state index is -1.05. The Hall–Kier alpha value is -4.03. The summed E-state index contributed by atoms with van der Waals surface area (Å²) < 4.78 is 24.1. The largest absolute Gasteiger partial charge is 0.459 e. The molecule has 0 radical (unpaired) electrons. The van der Waals surface area contributed by atoms with Crippen molar-refractivity contribution in [3.8, 4) is 22.8 Å². The first-order valence-electron chi connectivity index (χ1n) is 13.6. The summed E-state index contributed by atoms with van der Waals surface area (Å²) in [5.41, 5.74) is 1.74. The van der Waals surface area contributed by atoms with E-state index in [-0.39, 0.29) is 26.2 Å². The van der Waals surface area contributed by atoms with Crippen molar-refractivity contribution < 1.29 is 28.6 Å². The van der Waals surface area contributed by atoms with Crippen LogP contribution in [-0.4, -0.2) is 79.5 Å². The van der Waals surface area contributed by atoms with E-state index < -0.39 is 36.0 Å². The first-order valence-corrected chi connectivity index (χ1v) is 13.6. The molecule has 1 aromatic heterocycles. The van der Waals surface area contributed by atoms with Gasteiger partial charge in [0.1, 0.15) is 23.9 Å². The maximum Gasteiger partial charge on any atom is 0.410 e. The van der Waals surface area contributed by atoms with Crippen molar-refractivity contribution in [3.63, 3.8) is 0 Å². The normalized spacial score (nSPS) is 12.5. The number of aromatic nitrogens is 4. The predicted molar refractivity (Wildman–Crippen MR) is 155 cm³/mol. The van der Waals surface area contributed by atoms with Crippen molar-refractivity contribution in [1.29, 1.82) is 0 Å². The molecule has 2 N–H and O–H groups in total. The lowest BCUT2D eigenvalue weighted by molar-refractivity contribution is -0.157. The molecule has 0 bridgehead atoms. The van der Waals surface area contributed by atoms with E-state index in [1.54, 1.807) is 53.7 Å². The standard InChI is InChI=1S/C30H39FN6O5/c1-29(2,3)41-27(39)24(17-31)32-18-20-7-11-22(12-8-20)25-33-35-26(36-34-25)23-13-9-21(10-14-23)19-37(15-16-38)28(40)42-30(4,5)6/h7-14,24,32,38H,15-19H2,1-6H3. The van der Waals surface area contributed by atoms with Gasteiger partial charge in [0.15, 0.2) is 0 Å². The second-order valence-corrected chi connectivity index (χ2v) is 11.7. The SMILES string of the molecule is CC(C)(C)OC(=O)C(CF)NCc1ccc(-c2nnc(-c3ccc(CN(CCO)C(=O)OC(C)(C)C)cc3)nn2)cc1. The molecule has 226 valence electrons. The molecule has 3 rings (SSSR count). The van der Waals surface area contributed by atoms with Crippen LogP contribution in [0, 0.1) is 0 Å². The fourth-order valence-electron chi connectivity index (χ4n) is 3.71. The Morgan fingerprint density at radius 2 is 1.31 bits per heavy atom. The van der Waals surface area contributed by atoms with Gasteiger partial charge < -0.3 is 19.5 Å². The number of alkyl halides is 1. The molecule has 0 saturated heterocycles. The fraction of sp³-hybridized carbons (Fsp3) is 0.467. The summed E-state index contributed by atoms with van der Waals surface area (Å²) in [6.07, 6.45) is -0.498. The van der Waals surface area contributed by atoms with Gasteiger partial charge in [-0.1, -0.05) is 48.5 Å². The number of hydrogen-bond donors (Lipinski definition) is 2. The van der Waals surface area contributed by atoms with Gasteiger partial charge in [-0.15, -0.1) is 20.4 Å². The van der Waals surface area contributed by atoms with Crippen molar-refractivity contribution in [2.24, 2.45) is 0 Å². The Morgan fingerprint density at radius 1 is 0.833 bits per heavy atom. The second-order valence-electron chi connectivity index (χ2n) is 11.7. The highest BCUT2D eigenvalue weighted by Gasteiger charge is 2.25. The lowest BCUT2D eigenvalue weighted by Gasteiger charge is -2.27. The van der Waals surface area contributed by atoms with Gasteiger partial charge >= 0.3 is 12.1 Å². The molecule has 3 aromatic rings. The van der Waals surface area contributed by atoms with Gasteiger partial charge in [-0.05, 0) is 52.7 Å². The number of rotatable bonds is 11. The molecule has 0 aliphatic carbocycles. The number of aliphatic hydroxyl groups excluding tert-OH is 1. The highest BCUT2D eigenvalue weighted by atomic mass is 19.1. The van der Waals surface area contributed by atoms with E-state index in [0.29, 0.717) is 22.8 Å². The fourth-order valence-corrected chi connectivity index (χ4v) is 3.71. The zero-order chi connectivity index (χ0) is 30.9. The van der Waals surface area contributed by atoms with E-state index in [2.05, 4.69) is 25.7 Å². The highest BCUT2D eigenvalue weighted by molar-refractivity contribution is 5.76. The first-order chi connectivity index (χ1) is 19.8. The molecular weight excluding hydrogens is 543 g/mol. The van der Waals surface area contributed by atoms with Crippen molar-refractivity contribution >= 4 is 12.1 Å². The number of nitrogens with one attached hydrogen (secondary N) is 1. The summed E-state index contributed by atoms with van der Waals surface area (Å²) in [6, 6.07) is 13.5. The van der Waals surface area contributed by atoms with Gasteiger partial charge in [0.25, 0.3) is 0 Å². The quantitative estimate of drug-likeness (QED) is 0.318. The number of carbonyl (C=O) groups excluding carboxylic acids is 2. The monoisotopic (exact) mass is 582 g/mol. The van der Waals surface area contributed by atoms with Gasteiger partial charge in [0.2, 0.25) is 11.6 Å². The molecule has 0 aliphatic heterocycles. The molecule has 12 heteroatoms. The molecule has 1 heterocycles. The van der Waals surface area contributed by atoms with Gasteiger partial charge in [-0.3, -0.25) is 10.1 Å². The van der Waals surface area contributed by atoms with Crippen LogP contribution >= 0.6 is 0 Å². The predicted octanol–water partition coefficient (Wildman–Crippen LogP) is 4.10. The van der Waals surface area contributed by atoms with Crippen LogP contribution in [0.3, 0.4) is 0 Å². The summed E-state index contributed by atoms with van der Waals surface area (Å²) in [6.45, 7) is 10.2. The lowest BCUT2D eigenvalue weighted by Crippen LogP contribution is -2.42. The number of aliphatic hydroxyl groups is 1. The summed E-state index contributed by atoms with van der Waals surface area (Å²) in [7, 11) is 0. The number of ether oxygens (including phenoxy) is 2. The third kappa shape index (κ3) is 10.1. The Bertz CT molecular complexity index is 1310. The molecule has 11 nitrogen and oxygen atoms in total. The van der Waals surface area contributed by atoms with Crippen LogP contribution in [0.1, 0.15) is 52.7 Å². The number of halogens is 1. The second kappa shape index (κ2) is 14.2. The average molecular weight is 583 g/mol. The smallest absolute Gasteiger partial charge is 0.410 e. The number of nitrogens with zero attached hydrogens (tertiary/aromatic N) is 5. The van der Waals surface area contributed by atoms with Crippen LogP contribution in [0.25, 0.3) is 22.8 Å². The van der Waals surface area contributed by atoms with Crippen LogP contribution < -0.4 is 5.32 Å². The maximum atomic E-state index is 13.4. The summed E-state index contributed by atoms with van der Waals surface area (Å²) in [4.78, 5) is 26.1. The van der Waals surface area contributed by atoms with Gasteiger partial charge in [0, 0.05) is 30.8 Å². The Morgan fingerprint density at radius 3 is 1.74 bits per heavy atom. The molecule has 0 fully saturated rings. The summed E-state index contributed by atoms with van der Waals surface area (Å²) in [5.74, 6) is 0.0403. The van der Waals surface area contributed by atoms with Crippen molar-refractivity contribution in [2.45, 2.75) is 71.9 Å². The van der Waals surface area contributed by atoms with E-state index in [1.165, 1.54) is 4.90 Å². The first kappa shape index (κ1) is 32.5. The zero-order valence-electron chi connectivity index (χ0n) is 24.9. The molecule has 1 amide bonds. The van der Waals surface area contributed by atoms with E-state index in [1.807, 2.05) is 36.4 Å². The van der Waals surface area contributed by atoms with Gasteiger partial charge in [-0.2, -0.15) is 0 Å². The molecular formula is C30H39FN6O5. The lowest BCUT2D eigenvalue weighted by atomic mass is 10.1. The third-order valence-electron chi connectivity index (χ3n) is 5.70. The highest BCUT2D eigenvalue weighted by Crippen LogP contribution is 2.19. The van der Waals surface area contributed by atoms with Gasteiger partial charge in [-0.25, -0.2) is 9.18 Å². The van der Waals surface area contributed by atoms with Crippen LogP contribution in [-0.2, 0) is 27.4 Å². The Balaban J connectivity index is 1.60. The van der Waals surface area contributed by atoms with Crippen LogP contribution in [0.4, 0.5) is 9.18 Å². The van der Waals surface area contributed by atoms with E-state index in [9.17, 15) is 19.1 Å². The molecule has 1 atom stereocenters. The number of hydrogen-bond acceptors (Lipinski definition) is 10.